The fourth-order valence-corrected chi connectivity index (χ4v) is 1.26. The highest BCUT2D eigenvalue weighted by molar-refractivity contribution is 5.31. The molecule has 1 heterocycles. The molecule has 0 saturated heterocycles. The lowest BCUT2D eigenvalue weighted by Gasteiger charge is -2.20. The van der Waals surface area contributed by atoms with Gasteiger partial charge in [0.25, 0.3) is 0 Å². The highest BCUT2D eigenvalue weighted by atomic mass is 15.5. The number of nitrogens with one attached hydrogen (secondary N) is 4. The summed E-state index contributed by atoms with van der Waals surface area (Å²) in [6.07, 6.45) is 4.10. The van der Waals surface area contributed by atoms with Crippen LogP contribution in [0.15, 0.2) is 6.33 Å². The third kappa shape index (κ3) is 4.80. The van der Waals surface area contributed by atoms with E-state index in [0.29, 0.717) is 11.9 Å². The van der Waals surface area contributed by atoms with E-state index in [1.165, 1.54) is 19.2 Å². The van der Waals surface area contributed by atoms with Crippen molar-refractivity contribution in [2.75, 3.05) is 17.4 Å². The molecule has 0 aromatic carbocycles. The number of hydrazine groups is 2. The summed E-state index contributed by atoms with van der Waals surface area (Å²) >= 11 is 0. The van der Waals surface area contributed by atoms with E-state index in [2.05, 4.69) is 57.4 Å². The molecular formula is C11H21N7. The predicted octanol–water partition coefficient (Wildman–Crippen LogP) is 0.913. The minimum absolute atomic E-state index is 0.0511. The first-order chi connectivity index (χ1) is 8.53. The summed E-state index contributed by atoms with van der Waals surface area (Å²) in [4.78, 5) is 12.3. The Labute approximate surface area is 107 Å². The van der Waals surface area contributed by atoms with Gasteiger partial charge in [0.2, 0.25) is 11.9 Å². The second-order valence-electron chi connectivity index (χ2n) is 5.58. The molecule has 1 aromatic heterocycles. The molecule has 1 saturated carbocycles. The van der Waals surface area contributed by atoms with Crippen LogP contribution in [0, 0.1) is 5.92 Å². The van der Waals surface area contributed by atoms with Gasteiger partial charge in [-0.05, 0) is 39.5 Å². The maximum Gasteiger partial charge on any atom is 0.242 e. The van der Waals surface area contributed by atoms with Gasteiger partial charge in [-0.25, -0.2) is 20.8 Å². The quantitative estimate of drug-likeness (QED) is 0.559. The van der Waals surface area contributed by atoms with E-state index < -0.39 is 0 Å². The lowest BCUT2D eigenvalue weighted by atomic mass is 10.1. The van der Waals surface area contributed by atoms with Crippen LogP contribution < -0.4 is 21.7 Å². The second-order valence-corrected chi connectivity index (χ2v) is 5.58. The summed E-state index contributed by atoms with van der Waals surface area (Å²) < 4.78 is 0. The summed E-state index contributed by atoms with van der Waals surface area (Å²) in [6, 6.07) is 0. The molecule has 1 fully saturated rings. The topological polar surface area (TPSA) is 86.8 Å². The smallest absolute Gasteiger partial charge is 0.242 e. The van der Waals surface area contributed by atoms with E-state index in [-0.39, 0.29) is 5.54 Å². The first-order valence-corrected chi connectivity index (χ1v) is 6.24. The van der Waals surface area contributed by atoms with Crippen molar-refractivity contribution in [1.29, 1.82) is 0 Å². The van der Waals surface area contributed by atoms with Crippen molar-refractivity contribution in [3.8, 4) is 0 Å². The van der Waals surface area contributed by atoms with Gasteiger partial charge >= 0.3 is 0 Å². The number of hydrogen-bond acceptors (Lipinski definition) is 7. The third-order valence-electron chi connectivity index (χ3n) is 2.41. The molecule has 18 heavy (non-hydrogen) atoms. The maximum absolute atomic E-state index is 4.22. The molecule has 0 atom stereocenters. The fraction of sp³-hybridized carbons (Fsp3) is 0.727. The molecule has 1 aromatic rings. The molecule has 7 heteroatoms. The molecule has 100 valence electrons. The van der Waals surface area contributed by atoms with Gasteiger partial charge in [0.1, 0.15) is 6.33 Å². The van der Waals surface area contributed by atoms with E-state index in [4.69, 9.17) is 0 Å². The molecule has 4 N–H and O–H groups in total. The van der Waals surface area contributed by atoms with Crippen LogP contribution in [0.4, 0.5) is 11.9 Å². The van der Waals surface area contributed by atoms with E-state index in [1.807, 2.05) is 0 Å². The van der Waals surface area contributed by atoms with Crippen LogP contribution in [-0.2, 0) is 0 Å². The number of rotatable bonds is 6. The van der Waals surface area contributed by atoms with Gasteiger partial charge < -0.3 is 0 Å². The SMILES string of the molecule is CC(C)(C)NNc1ncnc(NNCC2CC2)n1. The van der Waals surface area contributed by atoms with Crippen molar-refractivity contribution in [3.05, 3.63) is 6.33 Å². The number of aromatic nitrogens is 3. The number of anilines is 2. The van der Waals surface area contributed by atoms with Gasteiger partial charge in [-0.15, -0.1) is 0 Å². The van der Waals surface area contributed by atoms with Crippen LogP contribution in [0.5, 0.6) is 0 Å². The van der Waals surface area contributed by atoms with E-state index >= 15 is 0 Å². The highest BCUT2D eigenvalue weighted by Crippen LogP contribution is 2.27. The number of hydrogen-bond donors (Lipinski definition) is 4. The molecule has 0 amide bonds. The average molecular weight is 251 g/mol. The zero-order valence-electron chi connectivity index (χ0n) is 11.1. The normalized spacial score (nSPS) is 15.5. The third-order valence-corrected chi connectivity index (χ3v) is 2.41. The predicted molar refractivity (Wildman–Crippen MR) is 70.7 cm³/mol. The van der Waals surface area contributed by atoms with Crippen molar-refractivity contribution >= 4 is 11.9 Å². The van der Waals surface area contributed by atoms with Crippen molar-refractivity contribution in [2.45, 2.75) is 39.2 Å². The first-order valence-electron chi connectivity index (χ1n) is 6.24. The van der Waals surface area contributed by atoms with Crippen molar-refractivity contribution in [3.63, 3.8) is 0 Å². The maximum atomic E-state index is 4.22. The molecular weight excluding hydrogens is 230 g/mol. The largest absolute Gasteiger partial charge is 0.289 e. The van der Waals surface area contributed by atoms with Crippen LogP contribution in [-0.4, -0.2) is 27.0 Å². The van der Waals surface area contributed by atoms with Crippen LogP contribution in [0.3, 0.4) is 0 Å². The fourth-order valence-electron chi connectivity index (χ4n) is 1.26. The van der Waals surface area contributed by atoms with Gasteiger partial charge in [-0.2, -0.15) is 4.98 Å². The standard InChI is InChI=1S/C11H21N7/c1-11(2,3)18-17-10-13-7-12-9(15-10)16-14-6-8-4-5-8/h7-8,14,18H,4-6H2,1-3H3,(H2,12,13,15,16,17). The zero-order valence-corrected chi connectivity index (χ0v) is 11.1. The van der Waals surface area contributed by atoms with Crippen LogP contribution in [0.2, 0.25) is 0 Å². The summed E-state index contributed by atoms with van der Waals surface area (Å²) in [6.45, 7) is 7.11. The lowest BCUT2D eigenvalue weighted by Crippen LogP contribution is -2.40. The molecule has 1 aliphatic rings. The minimum Gasteiger partial charge on any atom is -0.289 e. The molecule has 0 bridgehead atoms. The van der Waals surface area contributed by atoms with Crippen molar-refractivity contribution < 1.29 is 0 Å². The summed E-state index contributed by atoms with van der Waals surface area (Å²) in [5, 5.41) is 0. The first kappa shape index (κ1) is 13.0. The van der Waals surface area contributed by atoms with Gasteiger partial charge in [-0.3, -0.25) is 10.9 Å². The summed E-state index contributed by atoms with van der Waals surface area (Å²) in [5.41, 5.74) is 12.1. The molecule has 0 unspecified atom stereocenters. The highest BCUT2D eigenvalue weighted by Gasteiger charge is 2.20. The van der Waals surface area contributed by atoms with Crippen molar-refractivity contribution in [1.82, 2.24) is 25.8 Å². The van der Waals surface area contributed by atoms with Gasteiger partial charge in [0, 0.05) is 12.1 Å². The van der Waals surface area contributed by atoms with E-state index in [9.17, 15) is 0 Å². The molecule has 0 spiro atoms. The summed E-state index contributed by atoms with van der Waals surface area (Å²) in [7, 11) is 0. The molecule has 1 aliphatic carbocycles. The van der Waals surface area contributed by atoms with Crippen LogP contribution in [0.25, 0.3) is 0 Å². The van der Waals surface area contributed by atoms with Gasteiger partial charge in [-0.1, -0.05) is 0 Å². The average Bonchev–Trinajstić information content (AvgIpc) is 3.10. The lowest BCUT2D eigenvalue weighted by molar-refractivity contribution is 0.463. The molecule has 7 nitrogen and oxygen atoms in total. The van der Waals surface area contributed by atoms with E-state index in [1.54, 1.807) is 0 Å². The Morgan fingerprint density at radius 2 is 1.83 bits per heavy atom. The molecule has 2 rings (SSSR count). The summed E-state index contributed by atoms with van der Waals surface area (Å²) in [5.74, 6) is 1.82. The Morgan fingerprint density at radius 3 is 2.44 bits per heavy atom. The second kappa shape index (κ2) is 5.45. The monoisotopic (exact) mass is 251 g/mol. The minimum atomic E-state index is -0.0511. The van der Waals surface area contributed by atoms with Gasteiger partial charge in [0.05, 0.1) is 0 Å². The van der Waals surface area contributed by atoms with Crippen LogP contribution in [0.1, 0.15) is 33.6 Å². The zero-order chi connectivity index (χ0) is 13.0. The Kier molecular flexibility index (Phi) is 3.93. The Morgan fingerprint density at radius 1 is 1.17 bits per heavy atom. The Balaban J connectivity index is 1.79. The molecule has 0 aliphatic heterocycles. The molecule has 0 radical (unpaired) electrons. The Bertz CT molecular complexity index is 383. The van der Waals surface area contributed by atoms with E-state index in [0.717, 1.165) is 12.5 Å². The van der Waals surface area contributed by atoms with Crippen molar-refractivity contribution in [2.24, 2.45) is 5.92 Å². The number of nitrogens with zero attached hydrogens (tertiary/aromatic N) is 3. The van der Waals surface area contributed by atoms with Crippen LogP contribution >= 0.6 is 0 Å². The Hall–Kier alpha value is -1.47. The van der Waals surface area contributed by atoms with Gasteiger partial charge in [0.15, 0.2) is 0 Å².